The van der Waals surface area contributed by atoms with Gasteiger partial charge >= 0.3 is 23.9 Å². The van der Waals surface area contributed by atoms with Crippen LogP contribution in [0.25, 0.3) is 0 Å². The molecule has 18 nitrogen and oxygen atoms in total. The molecule has 1 amide bonds. The van der Waals surface area contributed by atoms with Gasteiger partial charge < -0.3 is 66.0 Å². The number of hydrogen-bond donors (Lipinski definition) is 9. The van der Waals surface area contributed by atoms with Crippen molar-refractivity contribution in [2.75, 3.05) is 56.0 Å². The van der Waals surface area contributed by atoms with Crippen LogP contribution in [0.1, 0.15) is 62.1 Å². The summed E-state index contributed by atoms with van der Waals surface area (Å²) in [5.41, 5.74) is 8.35. The van der Waals surface area contributed by atoms with Crippen LogP contribution in [0.2, 0.25) is 25.1 Å². The number of carboxylic acids is 4. The van der Waals surface area contributed by atoms with E-state index in [0.717, 1.165) is 53.8 Å². The monoisotopic (exact) mass is 1810 g/mol. The maximum absolute atomic E-state index is 14.2. The van der Waals surface area contributed by atoms with Crippen LogP contribution in [-0.2, 0) is 64.9 Å². The molecule has 0 aliphatic heterocycles. The van der Waals surface area contributed by atoms with Crippen molar-refractivity contribution in [3.8, 4) is 23.0 Å². The Morgan fingerprint density at radius 2 is 0.732 bits per heavy atom. The molecule has 516 valence electrons. The Kier molecular flexibility index (Phi) is 34.2. The Balaban J connectivity index is 0.000000234. The number of carbonyl (C=O) groups is 5. The molecule has 9 N–H and O–H groups in total. The van der Waals surface area contributed by atoms with Crippen LogP contribution in [0.5, 0.6) is 23.0 Å². The molecular weight excluding hydrogens is 1760 g/mol. The molecule has 8 aromatic rings. The number of amides is 1. The first-order valence-corrected chi connectivity index (χ1v) is 35.1. The number of ether oxygens (including phenoxy) is 4. The minimum absolute atomic E-state index is 0.0132. The lowest BCUT2D eigenvalue weighted by atomic mass is 10.1. The molecule has 30 heteroatoms. The standard InChI is InChI=1S/C17H15Br2ClN2O4.C17H16Br2ClNO3.C17H16Cl3NO3.C16H14Br2FNO3/c1-21-13-4-2-3-9(15(13)20)8-26-16-11(18)5-10(6-12(16)19)17(25)22-7-14(23)24;2*1-21-14-4-2-3-11(16(14)20)9-24-17-12(18)7-10(8-13(17)19)5-6-15(22)23;1-20-13-4-2-3-10(15(13)19)8-23-16-11(17)5-9(6-12(16)18)7-14(21)22/h2-6,21H,7-8H2,1H3,(H,22,25)(H,23,24);2*2-4,7-8,21H,5-6,9H2,1H3,(H,22,23);2-6,20H,7-8H2,1H3,(H,21,22). The maximum Gasteiger partial charge on any atom is 0.322 e. The number of anilines is 4. The van der Waals surface area contributed by atoms with Crippen molar-refractivity contribution < 1.29 is 67.7 Å². The fourth-order valence-corrected chi connectivity index (χ4v) is 14.4. The summed E-state index contributed by atoms with van der Waals surface area (Å²) in [4.78, 5) is 54.6. The number of aliphatic carboxylic acids is 4. The third-order valence-corrected chi connectivity index (χ3v) is 18.8. The molecule has 8 aromatic carbocycles. The zero-order valence-corrected chi connectivity index (χ0v) is 64.9. The second kappa shape index (κ2) is 40.7. The fraction of sp³-hybridized carbons (Fsp3) is 0.209. The Bertz CT molecular complexity index is 3910. The predicted molar refractivity (Wildman–Crippen MR) is 401 cm³/mol. The van der Waals surface area contributed by atoms with E-state index in [-0.39, 0.29) is 44.9 Å². The molecule has 0 aliphatic carbocycles. The first kappa shape index (κ1) is 81.4. The topological polar surface area (TPSA) is 263 Å². The molecule has 8 rings (SSSR count). The molecule has 0 aliphatic rings. The van der Waals surface area contributed by atoms with Gasteiger partial charge in [-0.05, 0) is 198 Å². The quantitative estimate of drug-likeness (QED) is 0.0232. The summed E-state index contributed by atoms with van der Waals surface area (Å²) in [5, 5.41) is 51.6. The van der Waals surface area contributed by atoms with Crippen LogP contribution < -0.4 is 45.5 Å². The summed E-state index contributed by atoms with van der Waals surface area (Å²) in [6, 6.07) is 35.5. The zero-order valence-electron chi connectivity index (χ0n) is 51.6. The molecule has 0 aromatic heterocycles. The van der Waals surface area contributed by atoms with E-state index < -0.39 is 36.3 Å². The maximum atomic E-state index is 14.2. The summed E-state index contributed by atoms with van der Waals surface area (Å²) in [6.07, 6.45) is 0.828. The van der Waals surface area contributed by atoms with Gasteiger partial charge in [0.05, 0.1) is 81.1 Å². The summed E-state index contributed by atoms with van der Waals surface area (Å²) in [6.45, 7) is 0.363. The summed E-state index contributed by atoms with van der Waals surface area (Å²) in [7, 11) is 7.04. The molecule has 0 radical (unpaired) electrons. The SMILES string of the molecule is CNc1cccc(COc2c(Br)cc(C(=O)NCC(=O)O)cc2Br)c1Cl.CNc1cccc(COc2c(Br)cc(CC(=O)O)cc2Br)c1F.CNc1cccc(COc2c(Br)cc(CCC(=O)O)cc2Br)c1Cl.CNc1cccc(COc2c(Cl)cc(CCC(=O)O)cc2Cl)c1Cl. The highest BCUT2D eigenvalue weighted by atomic mass is 79.9. The average molecular weight is 1820 g/mol. The van der Waals surface area contributed by atoms with Gasteiger partial charge in [0.15, 0.2) is 11.6 Å². The Labute approximate surface area is 634 Å². The number of carboxylic acid groups (broad SMARTS) is 4. The van der Waals surface area contributed by atoms with Crippen molar-refractivity contribution in [2.45, 2.75) is 58.5 Å². The molecule has 0 unspecified atom stereocenters. The van der Waals surface area contributed by atoms with Crippen molar-refractivity contribution in [3.63, 3.8) is 0 Å². The number of halogens is 12. The number of aryl methyl sites for hydroxylation is 2. The van der Waals surface area contributed by atoms with E-state index in [1.54, 1.807) is 75.7 Å². The molecule has 97 heavy (non-hydrogen) atoms. The summed E-state index contributed by atoms with van der Waals surface area (Å²) < 4.78 is 41.1. The summed E-state index contributed by atoms with van der Waals surface area (Å²) in [5.74, 6) is -2.57. The molecular formula is C67H61Br6Cl5FN5O13. The van der Waals surface area contributed by atoms with Crippen LogP contribution in [0.4, 0.5) is 27.1 Å². The van der Waals surface area contributed by atoms with Gasteiger partial charge in [-0.2, -0.15) is 0 Å². The fourth-order valence-electron chi connectivity index (χ4n) is 8.54. The molecule has 0 atom stereocenters. The normalized spacial score (nSPS) is 10.4. The minimum Gasteiger partial charge on any atom is -0.486 e. The number of benzene rings is 8. The van der Waals surface area contributed by atoms with Gasteiger partial charge in [-0.3, -0.25) is 24.0 Å². The van der Waals surface area contributed by atoms with Gasteiger partial charge in [0.2, 0.25) is 0 Å². The molecule has 0 spiro atoms. The third-order valence-electron chi connectivity index (χ3n) is 13.3. The highest BCUT2D eigenvalue weighted by Crippen LogP contribution is 2.41. The third kappa shape index (κ3) is 25.5. The van der Waals surface area contributed by atoms with Crippen LogP contribution in [0.3, 0.4) is 0 Å². The van der Waals surface area contributed by atoms with Gasteiger partial charge in [0.1, 0.15) is 50.2 Å². The largest absolute Gasteiger partial charge is 0.486 e. The molecule has 0 saturated heterocycles. The predicted octanol–water partition coefficient (Wildman–Crippen LogP) is 19.7. The minimum atomic E-state index is -1.11. The van der Waals surface area contributed by atoms with E-state index >= 15 is 0 Å². The van der Waals surface area contributed by atoms with Crippen molar-refractivity contribution >= 4 is 206 Å². The lowest BCUT2D eigenvalue weighted by Gasteiger charge is -2.14. The van der Waals surface area contributed by atoms with E-state index in [2.05, 4.69) is 122 Å². The first-order valence-electron chi connectivity index (χ1n) is 28.5. The average Bonchev–Trinajstić information content (AvgIpc) is 0.890. The van der Waals surface area contributed by atoms with Crippen LogP contribution in [0, 0.1) is 5.82 Å². The second-order valence-corrected chi connectivity index (χ2v) is 27.2. The lowest BCUT2D eigenvalue weighted by Crippen LogP contribution is -2.29. The molecule has 0 saturated carbocycles. The lowest BCUT2D eigenvalue weighted by molar-refractivity contribution is -0.138. The molecule has 0 fully saturated rings. The van der Waals surface area contributed by atoms with Crippen molar-refractivity contribution in [1.82, 2.24) is 5.32 Å². The van der Waals surface area contributed by atoms with Gasteiger partial charge in [-0.25, -0.2) is 4.39 Å². The van der Waals surface area contributed by atoms with Crippen molar-refractivity contribution in [1.29, 1.82) is 0 Å². The number of hydrogen-bond acceptors (Lipinski definition) is 13. The van der Waals surface area contributed by atoms with Crippen molar-refractivity contribution in [2.24, 2.45) is 0 Å². The van der Waals surface area contributed by atoms with Crippen LogP contribution in [-0.4, -0.2) is 84.9 Å². The van der Waals surface area contributed by atoms with Gasteiger partial charge in [-0.15, -0.1) is 0 Å². The Hall–Kier alpha value is -6.23. The molecule has 0 bridgehead atoms. The van der Waals surface area contributed by atoms with E-state index in [1.165, 1.54) is 0 Å². The van der Waals surface area contributed by atoms with E-state index in [9.17, 15) is 28.4 Å². The first-order chi connectivity index (χ1) is 46.1. The Morgan fingerprint density at radius 3 is 1.08 bits per heavy atom. The van der Waals surface area contributed by atoms with E-state index in [0.29, 0.717) is 108 Å². The highest BCUT2D eigenvalue weighted by molar-refractivity contribution is 9.12. The number of nitrogens with one attached hydrogen (secondary N) is 5. The van der Waals surface area contributed by atoms with Gasteiger partial charge in [0.25, 0.3) is 5.91 Å². The second-order valence-electron chi connectivity index (χ2n) is 20.1. The zero-order chi connectivity index (χ0) is 71.6. The molecule has 0 heterocycles. The number of rotatable bonds is 27. The highest BCUT2D eigenvalue weighted by Gasteiger charge is 2.19. The van der Waals surface area contributed by atoms with Crippen LogP contribution in [0.15, 0.2) is 148 Å². The van der Waals surface area contributed by atoms with Crippen LogP contribution >= 0.6 is 154 Å². The Morgan fingerprint density at radius 1 is 0.412 bits per heavy atom. The van der Waals surface area contributed by atoms with Gasteiger partial charge in [0, 0.05) is 68.8 Å². The summed E-state index contributed by atoms with van der Waals surface area (Å²) >= 11 is 51.8. The van der Waals surface area contributed by atoms with Gasteiger partial charge in [-0.1, -0.05) is 107 Å². The van der Waals surface area contributed by atoms with E-state index in [4.69, 9.17) is 97.4 Å². The van der Waals surface area contributed by atoms with Crippen molar-refractivity contribution in [3.05, 3.63) is 224 Å². The smallest absolute Gasteiger partial charge is 0.322 e. The number of carbonyl (C=O) groups excluding carboxylic acids is 1. The van der Waals surface area contributed by atoms with E-state index in [1.807, 2.05) is 73.8 Å².